The molecule has 1 heterocycles. The lowest BCUT2D eigenvalue weighted by Crippen LogP contribution is -2.26. The van der Waals surface area contributed by atoms with E-state index in [0.29, 0.717) is 0 Å². The molecular formula is C12H24IN. The fourth-order valence-electron chi connectivity index (χ4n) is 2.26. The highest BCUT2D eigenvalue weighted by molar-refractivity contribution is 14.1. The Hall–Kier alpha value is 0.690. The zero-order valence-corrected chi connectivity index (χ0v) is 11.7. The minimum absolute atomic E-state index is 0.846. The predicted octanol–water partition coefficient (Wildman–Crippen LogP) is 3.62. The summed E-state index contributed by atoms with van der Waals surface area (Å²) in [6.45, 7) is 7.20. The van der Waals surface area contributed by atoms with Gasteiger partial charge in [0, 0.05) is 10.5 Å². The molecule has 1 aliphatic rings. The van der Waals surface area contributed by atoms with Gasteiger partial charge >= 0.3 is 0 Å². The van der Waals surface area contributed by atoms with Gasteiger partial charge in [-0.15, -0.1) is 0 Å². The van der Waals surface area contributed by atoms with E-state index in [1.807, 2.05) is 0 Å². The number of nitrogens with one attached hydrogen (secondary N) is 1. The van der Waals surface area contributed by atoms with E-state index >= 15 is 0 Å². The average Bonchev–Trinajstić information content (AvgIpc) is 2.15. The van der Waals surface area contributed by atoms with Crippen molar-refractivity contribution in [3.05, 3.63) is 0 Å². The van der Waals surface area contributed by atoms with Crippen LogP contribution in [0.1, 0.15) is 46.0 Å². The normalized spacial score (nSPS) is 31.7. The fourth-order valence-corrected chi connectivity index (χ4v) is 3.01. The van der Waals surface area contributed by atoms with E-state index in [-0.39, 0.29) is 0 Å². The van der Waals surface area contributed by atoms with Gasteiger partial charge in [-0.25, -0.2) is 0 Å². The first-order valence-electron chi connectivity index (χ1n) is 6.05. The van der Waals surface area contributed by atoms with Crippen LogP contribution in [0.3, 0.4) is 0 Å². The van der Waals surface area contributed by atoms with Gasteiger partial charge in [0.1, 0.15) is 0 Å². The molecule has 1 fully saturated rings. The number of rotatable bonds is 1. The second kappa shape index (κ2) is 7.04. The molecule has 2 heteroatoms. The molecule has 0 aromatic rings. The lowest BCUT2D eigenvalue weighted by molar-refractivity contribution is 0.311. The molecule has 0 saturated carbocycles. The topological polar surface area (TPSA) is 12.0 Å². The summed E-state index contributed by atoms with van der Waals surface area (Å²) in [5.41, 5.74) is 0. The molecule has 0 spiro atoms. The van der Waals surface area contributed by atoms with Crippen molar-refractivity contribution in [2.75, 3.05) is 13.1 Å². The molecule has 84 valence electrons. The molecule has 1 rings (SSSR count). The smallest absolute Gasteiger partial charge is 0.0234 e. The van der Waals surface area contributed by atoms with Crippen molar-refractivity contribution in [1.29, 1.82) is 0 Å². The van der Waals surface area contributed by atoms with Crippen LogP contribution >= 0.6 is 22.6 Å². The van der Waals surface area contributed by atoms with Gasteiger partial charge < -0.3 is 5.32 Å². The average molecular weight is 309 g/mol. The third kappa shape index (κ3) is 4.96. The summed E-state index contributed by atoms with van der Waals surface area (Å²) >= 11 is 2.59. The van der Waals surface area contributed by atoms with Crippen molar-refractivity contribution in [2.45, 2.75) is 49.9 Å². The van der Waals surface area contributed by atoms with Crippen molar-refractivity contribution in [2.24, 2.45) is 11.8 Å². The zero-order valence-electron chi connectivity index (χ0n) is 9.56. The lowest BCUT2D eigenvalue weighted by Gasteiger charge is -2.23. The van der Waals surface area contributed by atoms with Crippen LogP contribution in [0.15, 0.2) is 0 Å². The van der Waals surface area contributed by atoms with Crippen LogP contribution in [-0.4, -0.2) is 17.0 Å². The maximum absolute atomic E-state index is 3.56. The first kappa shape index (κ1) is 12.8. The van der Waals surface area contributed by atoms with Crippen molar-refractivity contribution in [3.8, 4) is 0 Å². The zero-order chi connectivity index (χ0) is 10.4. The molecule has 1 N–H and O–H groups in total. The molecule has 0 aliphatic carbocycles. The van der Waals surface area contributed by atoms with Crippen LogP contribution in [0.25, 0.3) is 0 Å². The fraction of sp³-hybridized carbons (Fsp3) is 1.00. The second-order valence-corrected chi connectivity index (χ2v) is 6.64. The lowest BCUT2D eigenvalue weighted by atomic mass is 9.86. The second-order valence-electron chi connectivity index (χ2n) is 4.88. The van der Waals surface area contributed by atoms with Gasteiger partial charge in [0.25, 0.3) is 0 Å². The van der Waals surface area contributed by atoms with Crippen molar-refractivity contribution >= 4 is 22.6 Å². The molecule has 2 unspecified atom stereocenters. The Morgan fingerprint density at radius 3 is 2.57 bits per heavy atom. The molecule has 0 radical (unpaired) electrons. The standard InChI is InChI=1S/C12H24IN/c1-10(2)11-5-3-7-12(13)9-14-8-4-6-11/h10-12,14H,3-9H2,1-2H3. The molecule has 0 bridgehead atoms. The summed E-state index contributed by atoms with van der Waals surface area (Å²) in [7, 11) is 0. The Bertz CT molecular complexity index is 147. The van der Waals surface area contributed by atoms with Crippen LogP contribution < -0.4 is 5.32 Å². The Morgan fingerprint density at radius 1 is 1.14 bits per heavy atom. The van der Waals surface area contributed by atoms with E-state index in [2.05, 4.69) is 41.8 Å². The van der Waals surface area contributed by atoms with Crippen LogP contribution in [0.5, 0.6) is 0 Å². The summed E-state index contributed by atoms with van der Waals surface area (Å²) < 4.78 is 0.846. The van der Waals surface area contributed by atoms with Crippen molar-refractivity contribution in [1.82, 2.24) is 5.32 Å². The van der Waals surface area contributed by atoms with Gasteiger partial charge in [0.05, 0.1) is 0 Å². The monoisotopic (exact) mass is 309 g/mol. The van der Waals surface area contributed by atoms with Gasteiger partial charge in [-0.1, -0.05) is 49.3 Å². The summed E-state index contributed by atoms with van der Waals surface area (Å²) in [4.78, 5) is 0. The highest BCUT2D eigenvalue weighted by Crippen LogP contribution is 2.25. The Morgan fingerprint density at radius 2 is 1.86 bits per heavy atom. The van der Waals surface area contributed by atoms with Gasteiger partial charge in [0.2, 0.25) is 0 Å². The van der Waals surface area contributed by atoms with Crippen molar-refractivity contribution < 1.29 is 0 Å². The van der Waals surface area contributed by atoms with Crippen LogP contribution in [0, 0.1) is 11.8 Å². The van der Waals surface area contributed by atoms with Gasteiger partial charge in [0.15, 0.2) is 0 Å². The van der Waals surface area contributed by atoms with E-state index in [1.54, 1.807) is 0 Å². The molecule has 0 aromatic carbocycles. The van der Waals surface area contributed by atoms with E-state index in [4.69, 9.17) is 0 Å². The van der Waals surface area contributed by atoms with Gasteiger partial charge in [-0.3, -0.25) is 0 Å². The minimum atomic E-state index is 0.846. The van der Waals surface area contributed by atoms with Gasteiger partial charge in [-0.05, 0) is 37.6 Å². The molecule has 14 heavy (non-hydrogen) atoms. The number of hydrogen-bond acceptors (Lipinski definition) is 1. The maximum atomic E-state index is 3.56. The van der Waals surface area contributed by atoms with Crippen LogP contribution in [0.4, 0.5) is 0 Å². The Balaban J connectivity index is 2.33. The molecule has 1 nitrogen and oxygen atoms in total. The van der Waals surface area contributed by atoms with E-state index in [9.17, 15) is 0 Å². The molecule has 0 amide bonds. The van der Waals surface area contributed by atoms with E-state index < -0.39 is 0 Å². The minimum Gasteiger partial charge on any atom is -0.316 e. The van der Waals surface area contributed by atoms with Crippen LogP contribution in [-0.2, 0) is 0 Å². The van der Waals surface area contributed by atoms with Gasteiger partial charge in [-0.2, -0.15) is 0 Å². The summed E-state index contributed by atoms with van der Waals surface area (Å²) in [6, 6.07) is 0. The molecule has 1 aliphatic heterocycles. The third-order valence-electron chi connectivity index (χ3n) is 3.33. The number of alkyl halides is 1. The van der Waals surface area contributed by atoms with E-state index in [0.717, 1.165) is 15.8 Å². The SMILES string of the molecule is CC(C)C1CCCNCC(I)CCC1. The quantitative estimate of drug-likeness (QED) is 0.576. The summed E-state index contributed by atoms with van der Waals surface area (Å²) in [6.07, 6.45) is 7.08. The molecular weight excluding hydrogens is 285 g/mol. The summed E-state index contributed by atoms with van der Waals surface area (Å²) in [5.74, 6) is 1.85. The van der Waals surface area contributed by atoms with E-state index in [1.165, 1.54) is 45.2 Å². The third-order valence-corrected chi connectivity index (χ3v) is 4.39. The predicted molar refractivity (Wildman–Crippen MR) is 72.1 cm³/mol. The Kier molecular flexibility index (Phi) is 6.42. The first-order chi connectivity index (χ1) is 6.70. The highest BCUT2D eigenvalue weighted by Gasteiger charge is 2.15. The first-order valence-corrected chi connectivity index (χ1v) is 7.29. The Labute approximate surface area is 103 Å². The maximum Gasteiger partial charge on any atom is 0.0234 e. The largest absolute Gasteiger partial charge is 0.316 e. The highest BCUT2D eigenvalue weighted by atomic mass is 127. The number of hydrogen-bond donors (Lipinski definition) is 1. The molecule has 2 atom stereocenters. The number of halogens is 1. The van der Waals surface area contributed by atoms with Crippen LogP contribution in [0.2, 0.25) is 0 Å². The molecule has 1 saturated heterocycles. The molecule has 0 aromatic heterocycles. The van der Waals surface area contributed by atoms with Crippen molar-refractivity contribution in [3.63, 3.8) is 0 Å². The summed E-state index contributed by atoms with van der Waals surface area (Å²) in [5, 5.41) is 3.56.